The monoisotopic (exact) mass is 352 g/mol. The summed E-state index contributed by atoms with van der Waals surface area (Å²) < 4.78 is 3.06. The molecule has 0 bridgehead atoms. The lowest BCUT2D eigenvalue weighted by atomic mass is 10.1. The lowest BCUT2D eigenvalue weighted by Crippen LogP contribution is -2.37. The van der Waals surface area contributed by atoms with E-state index < -0.39 is 0 Å². The number of amides is 1. The Morgan fingerprint density at radius 1 is 1.12 bits per heavy atom. The average Bonchev–Trinajstić information content (AvgIpc) is 2.92. The van der Waals surface area contributed by atoms with Gasteiger partial charge in [0.05, 0.1) is 17.8 Å². The molecule has 1 N–H and O–H groups in total. The van der Waals surface area contributed by atoms with Gasteiger partial charge in [-0.2, -0.15) is 5.10 Å². The van der Waals surface area contributed by atoms with Gasteiger partial charge in [0.25, 0.3) is 11.5 Å². The van der Waals surface area contributed by atoms with Crippen molar-refractivity contribution < 1.29 is 9.90 Å². The molecule has 7 nitrogen and oxygen atoms in total. The molecule has 3 heterocycles. The number of rotatable bonds is 2. The van der Waals surface area contributed by atoms with Crippen LogP contribution in [0.25, 0.3) is 10.9 Å². The normalized spacial score (nSPS) is 14.1. The van der Waals surface area contributed by atoms with Gasteiger partial charge in [0.15, 0.2) is 11.4 Å². The molecular weight excluding hydrogens is 332 g/mol. The minimum atomic E-state index is -0.388. The summed E-state index contributed by atoms with van der Waals surface area (Å²) in [5.74, 6) is -0.529. The molecule has 2 aromatic heterocycles. The topological polar surface area (TPSA) is 80.4 Å². The molecule has 4 rings (SSSR count). The zero-order chi connectivity index (χ0) is 18.6. The van der Waals surface area contributed by atoms with E-state index in [1.165, 1.54) is 4.68 Å². The first-order chi connectivity index (χ1) is 12.4. The fourth-order valence-corrected chi connectivity index (χ4v) is 3.53. The van der Waals surface area contributed by atoms with Crippen molar-refractivity contribution in [2.75, 3.05) is 13.6 Å². The smallest absolute Gasteiger partial charge is 0.280 e. The van der Waals surface area contributed by atoms with Crippen molar-refractivity contribution in [3.63, 3.8) is 0 Å². The van der Waals surface area contributed by atoms with Crippen molar-refractivity contribution in [2.24, 2.45) is 0 Å². The number of carbonyl (C=O) groups excluding carboxylic acids is 1. The number of fused-ring (bicyclic) bond motifs is 3. The molecule has 3 aromatic rings. The lowest BCUT2D eigenvalue weighted by Gasteiger charge is -2.25. The second kappa shape index (κ2) is 5.72. The summed E-state index contributed by atoms with van der Waals surface area (Å²) in [4.78, 5) is 27.0. The van der Waals surface area contributed by atoms with Crippen LogP contribution in [0.4, 0.5) is 0 Å². The Morgan fingerprint density at radius 2 is 1.81 bits per heavy atom. The summed E-state index contributed by atoms with van der Waals surface area (Å²) in [6, 6.07) is 7.86. The van der Waals surface area contributed by atoms with E-state index in [-0.39, 0.29) is 28.3 Å². The van der Waals surface area contributed by atoms with E-state index in [0.717, 1.165) is 11.1 Å². The van der Waals surface area contributed by atoms with E-state index in [1.54, 1.807) is 23.4 Å². The average molecular weight is 352 g/mol. The van der Waals surface area contributed by atoms with E-state index in [9.17, 15) is 14.7 Å². The van der Waals surface area contributed by atoms with Crippen LogP contribution in [0.3, 0.4) is 0 Å². The zero-order valence-electron chi connectivity index (χ0n) is 15.0. The van der Waals surface area contributed by atoms with Gasteiger partial charge in [-0.3, -0.25) is 9.59 Å². The highest BCUT2D eigenvalue weighted by Crippen LogP contribution is 2.33. The SMILES string of the molecule is Cc1ccc(Cn2nc(C)c3c(c(O)c4n3CCN(C)C4=O)c2=O)cc1. The molecule has 1 aliphatic rings. The van der Waals surface area contributed by atoms with Crippen LogP contribution in [0.2, 0.25) is 0 Å². The molecule has 0 radical (unpaired) electrons. The van der Waals surface area contributed by atoms with Gasteiger partial charge < -0.3 is 14.6 Å². The summed E-state index contributed by atoms with van der Waals surface area (Å²) in [5.41, 5.74) is 3.03. The lowest BCUT2D eigenvalue weighted by molar-refractivity contribution is 0.0747. The molecule has 1 amide bonds. The molecule has 0 saturated heterocycles. The van der Waals surface area contributed by atoms with Crippen molar-refractivity contribution in [3.8, 4) is 5.75 Å². The molecule has 0 atom stereocenters. The molecule has 1 aromatic carbocycles. The quantitative estimate of drug-likeness (QED) is 0.761. The third-order valence-corrected chi connectivity index (χ3v) is 4.96. The van der Waals surface area contributed by atoms with Crippen LogP contribution in [0.1, 0.15) is 27.3 Å². The summed E-state index contributed by atoms with van der Waals surface area (Å²) >= 11 is 0. The second-order valence-corrected chi connectivity index (χ2v) is 6.83. The standard InChI is InChI=1S/C19H20N4O3/c1-11-4-6-13(7-5-11)10-23-18(25)14-15(12(2)20-23)22-9-8-21(3)19(26)16(22)17(14)24/h4-7,24H,8-10H2,1-3H3. The van der Waals surface area contributed by atoms with Crippen molar-refractivity contribution >= 4 is 16.8 Å². The van der Waals surface area contributed by atoms with Gasteiger partial charge in [0.1, 0.15) is 5.39 Å². The number of aryl methyl sites for hydroxylation is 2. The Hall–Kier alpha value is -3.09. The summed E-state index contributed by atoms with van der Waals surface area (Å²) in [7, 11) is 1.68. The van der Waals surface area contributed by atoms with Crippen molar-refractivity contribution in [1.82, 2.24) is 19.2 Å². The first-order valence-electron chi connectivity index (χ1n) is 8.52. The largest absolute Gasteiger partial charge is 0.505 e. The minimum Gasteiger partial charge on any atom is -0.505 e. The fraction of sp³-hybridized carbons (Fsp3) is 0.316. The number of hydrogen-bond donors (Lipinski definition) is 1. The Labute approximate surface area is 150 Å². The highest BCUT2D eigenvalue weighted by Gasteiger charge is 2.31. The maximum absolute atomic E-state index is 13.0. The van der Waals surface area contributed by atoms with Crippen LogP contribution >= 0.6 is 0 Å². The Morgan fingerprint density at radius 3 is 2.50 bits per heavy atom. The first kappa shape index (κ1) is 16.4. The van der Waals surface area contributed by atoms with Crippen LogP contribution in [0.5, 0.6) is 5.75 Å². The van der Waals surface area contributed by atoms with Gasteiger partial charge in [-0.05, 0) is 19.4 Å². The predicted octanol–water partition coefficient (Wildman–Crippen LogP) is 1.65. The first-order valence-corrected chi connectivity index (χ1v) is 8.52. The summed E-state index contributed by atoms with van der Waals surface area (Å²) in [6.45, 7) is 5.16. The van der Waals surface area contributed by atoms with Gasteiger partial charge in [-0.15, -0.1) is 0 Å². The van der Waals surface area contributed by atoms with Crippen molar-refractivity contribution in [3.05, 3.63) is 57.1 Å². The van der Waals surface area contributed by atoms with Gasteiger partial charge in [-0.25, -0.2) is 4.68 Å². The molecule has 7 heteroatoms. The van der Waals surface area contributed by atoms with Crippen LogP contribution in [-0.4, -0.2) is 43.9 Å². The number of carbonyl (C=O) groups is 1. The van der Waals surface area contributed by atoms with Crippen molar-refractivity contribution in [1.29, 1.82) is 0 Å². The van der Waals surface area contributed by atoms with Crippen LogP contribution < -0.4 is 5.56 Å². The highest BCUT2D eigenvalue weighted by atomic mass is 16.3. The predicted molar refractivity (Wildman–Crippen MR) is 97.6 cm³/mol. The van der Waals surface area contributed by atoms with E-state index in [2.05, 4.69) is 5.10 Å². The summed E-state index contributed by atoms with van der Waals surface area (Å²) in [5, 5.41) is 15.2. The van der Waals surface area contributed by atoms with Gasteiger partial charge in [0, 0.05) is 20.1 Å². The molecule has 1 aliphatic heterocycles. The number of likely N-dealkylation sites (N-methyl/N-ethyl adjacent to an activating group) is 1. The van der Waals surface area contributed by atoms with E-state index in [0.29, 0.717) is 30.8 Å². The molecule has 26 heavy (non-hydrogen) atoms. The maximum Gasteiger partial charge on any atom is 0.280 e. The molecule has 0 unspecified atom stereocenters. The van der Waals surface area contributed by atoms with Crippen molar-refractivity contribution in [2.45, 2.75) is 26.9 Å². The Kier molecular flexibility index (Phi) is 3.61. The van der Waals surface area contributed by atoms with Crippen LogP contribution in [-0.2, 0) is 13.1 Å². The number of aromatic nitrogens is 3. The highest BCUT2D eigenvalue weighted by molar-refractivity contribution is 6.04. The molecule has 0 saturated carbocycles. The number of benzene rings is 1. The Balaban J connectivity index is 1.92. The van der Waals surface area contributed by atoms with Crippen LogP contribution in [0.15, 0.2) is 29.1 Å². The molecule has 134 valence electrons. The van der Waals surface area contributed by atoms with E-state index in [4.69, 9.17) is 0 Å². The van der Waals surface area contributed by atoms with E-state index >= 15 is 0 Å². The van der Waals surface area contributed by atoms with Gasteiger partial charge in [0.2, 0.25) is 0 Å². The number of aromatic hydroxyl groups is 1. The third kappa shape index (κ3) is 2.31. The number of hydrogen-bond acceptors (Lipinski definition) is 4. The van der Waals surface area contributed by atoms with E-state index in [1.807, 2.05) is 31.2 Å². The fourth-order valence-electron chi connectivity index (χ4n) is 3.53. The Bertz CT molecular complexity index is 1090. The zero-order valence-corrected chi connectivity index (χ0v) is 15.0. The molecule has 0 fully saturated rings. The summed E-state index contributed by atoms with van der Waals surface area (Å²) in [6.07, 6.45) is 0. The molecular formula is C19H20N4O3. The number of nitrogens with zero attached hydrogens (tertiary/aromatic N) is 4. The maximum atomic E-state index is 13.0. The molecule has 0 aliphatic carbocycles. The van der Waals surface area contributed by atoms with Crippen LogP contribution in [0, 0.1) is 13.8 Å². The molecule has 0 spiro atoms. The van der Waals surface area contributed by atoms with Gasteiger partial charge in [-0.1, -0.05) is 29.8 Å². The van der Waals surface area contributed by atoms with Gasteiger partial charge >= 0.3 is 0 Å². The second-order valence-electron chi connectivity index (χ2n) is 6.83. The third-order valence-electron chi connectivity index (χ3n) is 4.96. The minimum absolute atomic E-state index is 0.170.